The predicted molar refractivity (Wildman–Crippen MR) is 95.7 cm³/mol. The SMILES string of the molecule is COc1ccc(C(=O)NC2CCC(Oc3nccnc3OC)CC2)cc1. The van der Waals surface area contributed by atoms with Crippen molar-refractivity contribution in [2.24, 2.45) is 0 Å². The average molecular weight is 357 g/mol. The number of methoxy groups -OCH3 is 2. The first-order valence-corrected chi connectivity index (χ1v) is 8.66. The number of carbonyl (C=O) groups excluding carboxylic acids is 1. The van der Waals surface area contributed by atoms with Gasteiger partial charge in [-0.2, -0.15) is 0 Å². The zero-order chi connectivity index (χ0) is 18.4. The Morgan fingerprint density at radius 2 is 1.62 bits per heavy atom. The van der Waals surface area contributed by atoms with Crippen molar-refractivity contribution in [3.05, 3.63) is 42.2 Å². The molecular formula is C19H23N3O4. The monoisotopic (exact) mass is 357 g/mol. The van der Waals surface area contributed by atoms with Crippen molar-refractivity contribution < 1.29 is 19.0 Å². The number of hydrogen-bond acceptors (Lipinski definition) is 6. The Morgan fingerprint density at radius 3 is 2.23 bits per heavy atom. The van der Waals surface area contributed by atoms with Crippen LogP contribution in [0.5, 0.6) is 17.5 Å². The molecule has 1 aromatic carbocycles. The van der Waals surface area contributed by atoms with Crippen LogP contribution in [0.15, 0.2) is 36.7 Å². The third-order valence-corrected chi connectivity index (χ3v) is 4.47. The molecule has 0 spiro atoms. The van der Waals surface area contributed by atoms with Crippen LogP contribution in [-0.2, 0) is 0 Å². The number of rotatable bonds is 6. The van der Waals surface area contributed by atoms with Crippen molar-refractivity contribution in [3.8, 4) is 17.5 Å². The molecule has 0 aliphatic heterocycles. The number of nitrogens with zero attached hydrogens (tertiary/aromatic N) is 2. The summed E-state index contributed by atoms with van der Waals surface area (Å²) in [6.45, 7) is 0. The fraction of sp³-hybridized carbons (Fsp3) is 0.421. The smallest absolute Gasteiger partial charge is 0.278 e. The van der Waals surface area contributed by atoms with E-state index in [1.807, 2.05) is 0 Å². The van der Waals surface area contributed by atoms with E-state index in [4.69, 9.17) is 14.2 Å². The lowest BCUT2D eigenvalue weighted by Crippen LogP contribution is -2.39. The van der Waals surface area contributed by atoms with E-state index in [0.717, 1.165) is 31.4 Å². The van der Waals surface area contributed by atoms with Crippen LogP contribution >= 0.6 is 0 Å². The summed E-state index contributed by atoms with van der Waals surface area (Å²) < 4.78 is 16.2. The minimum atomic E-state index is -0.0624. The van der Waals surface area contributed by atoms with E-state index in [1.54, 1.807) is 50.9 Å². The number of nitrogens with one attached hydrogen (secondary N) is 1. The van der Waals surface area contributed by atoms with Crippen LogP contribution in [0.1, 0.15) is 36.0 Å². The number of amides is 1. The van der Waals surface area contributed by atoms with E-state index in [-0.39, 0.29) is 18.1 Å². The third-order valence-electron chi connectivity index (χ3n) is 4.47. The van der Waals surface area contributed by atoms with Crippen molar-refractivity contribution in [2.75, 3.05) is 14.2 Å². The Bertz CT molecular complexity index is 728. The normalized spacial score (nSPS) is 19.5. The minimum Gasteiger partial charge on any atom is -0.497 e. The molecule has 7 nitrogen and oxygen atoms in total. The first-order valence-electron chi connectivity index (χ1n) is 8.66. The fourth-order valence-electron chi connectivity index (χ4n) is 3.03. The summed E-state index contributed by atoms with van der Waals surface area (Å²) in [6, 6.07) is 7.25. The number of hydrogen-bond donors (Lipinski definition) is 1. The molecule has 3 rings (SSSR count). The van der Waals surface area contributed by atoms with Crippen LogP contribution in [0.2, 0.25) is 0 Å². The van der Waals surface area contributed by atoms with E-state index in [2.05, 4.69) is 15.3 Å². The Labute approximate surface area is 152 Å². The van der Waals surface area contributed by atoms with Gasteiger partial charge in [-0.3, -0.25) is 4.79 Å². The van der Waals surface area contributed by atoms with Crippen molar-refractivity contribution in [2.45, 2.75) is 37.8 Å². The second-order valence-electron chi connectivity index (χ2n) is 6.16. The maximum Gasteiger partial charge on any atom is 0.278 e. The number of aromatic nitrogens is 2. The Balaban J connectivity index is 1.49. The van der Waals surface area contributed by atoms with Gasteiger partial charge in [0.2, 0.25) is 0 Å². The van der Waals surface area contributed by atoms with Crippen LogP contribution < -0.4 is 19.5 Å². The van der Waals surface area contributed by atoms with Gasteiger partial charge < -0.3 is 19.5 Å². The maximum absolute atomic E-state index is 12.4. The summed E-state index contributed by atoms with van der Waals surface area (Å²) in [5.41, 5.74) is 0.633. The minimum absolute atomic E-state index is 0.0507. The molecule has 0 saturated heterocycles. The molecule has 0 unspecified atom stereocenters. The van der Waals surface area contributed by atoms with Crippen molar-refractivity contribution in [1.82, 2.24) is 15.3 Å². The molecular weight excluding hydrogens is 334 g/mol. The lowest BCUT2D eigenvalue weighted by molar-refractivity contribution is 0.0886. The highest BCUT2D eigenvalue weighted by Gasteiger charge is 2.25. The van der Waals surface area contributed by atoms with Gasteiger partial charge in [-0.15, -0.1) is 0 Å². The molecule has 0 bridgehead atoms. The van der Waals surface area contributed by atoms with E-state index < -0.39 is 0 Å². The summed E-state index contributed by atoms with van der Waals surface area (Å²) in [5.74, 6) is 1.48. The maximum atomic E-state index is 12.4. The van der Waals surface area contributed by atoms with Gasteiger partial charge in [0.1, 0.15) is 11.9 Å². The molecule has 1 saturated carbocycles. The molecule has 1 aliphatic rings. The third kappa shape index (κ3) is 4.41. The van der Waals surface area contributed by atoms with Crippen LogP contribution in [-0.4, -0.2) is 42.2 Å². The second-order valence-corrected chi connectivity index (χ2v) is 6.16. The summed E-state index contributed by atoms with van der Waals surface area (Å²) >= 11 is 0. The first kappa shape index (κ1) is 18.0. The van der Waals surface area contributed by atoms with Gasteiger partial charge in [0.05, 0.1) is 14.2 Å². The van der Waals surface area contributed by atoms with Crippen molar-refractivity contribution in [3.63, 3.8) is 0 Å². The summed E-state index contributed by atoms with van der Waals surface area (Å²) in [6.07, 6.45) is 6.59. The molecule has 138 valence electrons. The van der Waals surface area contributed by atoms with Gasteiger partial charge in [-0.25, -0.2) is 9.97 Å². The van der Waals surface area contributed by atoms with Crippen LogP contribution in [0.25, 0.3) is 0 Å². The zero-order valence-electron chi connectivity index (χ0n) is 15.0. The lowest BCUT2D eigenvalue weighted by Gasteiger charge is -2.29. The molecule has 0 atom stereocenters. The Hall–Kier alpha value is -2.83. The summed E-state index contributed by atoms with van der Waals surface area (Å²) in [5, 5.41) is 3.09. The quantitative estimate of drug-likeness (QED) is 0.856. The fourth-order valence-corrected chi connectivity index (χ4v) is 3.03. The Kier molecular flexibility index (Phi) is 5.88. The molecule has 0 radical (unpaired) electrons. The number of carbonyl (C=O) groups is 1. The Morgan fingerprint density at radius 1 is 0.962 bits per heavy atom. The van der Waals surface area contributed by atoms with Gasteiger partial charge in [0.25, 0.3) is 17.7 Å². The lowest BCUT2D eigenvalue weighted by atomic mass is 9.92. The van der Waals surface area contributed by atoms with Gasteiger partial charge >= 0.3 is 0 Å². The molecule has 1 heterocycles. The van der Waals surface area contributed by atoms with Crippen molar-refractivity contribution in [1.29, 1.82) is 0 Å². The number of ether oxygens (including phenoxy) is 3. The van der Waals surface area contributed by atoms with Gasteiger partial charge in [-0.1, -0.05) is 0 Å². The molecule has 2 aromatic rings. The summed E-state index contributed by atoms with van der Waals surface area (Å²) in [7, 11) is 3.15. The van der Waals surface area contributed by atoms with Crippen molar-refractivity contribution >= 4 is 5.91 Å². The van der Waals surface area contributed by atoms with Crippen LogP contribution in [0.3, 0.4) is 0 Å². The van der Waals surface area contributed by atoms with E-state index in [1.165, 1.54) is 0 Å². The first-order chi connectivity index (χ1) is 12.7. The zero-order valence-corrected chi connectivity index (χ0v) is 15.0. The van der Waals surface area contributed by atoms with E-state index >= 15 is 0 Å². The molecule has 7 heteroatoms. The molecule has 1 aliphatic carbocycles. The standard InChI is InChI=1S/C19H23N3O4/c1-24-15-7-3-13(4-8-15)17(23)22-14-5-9-16(10-6-14)26-19-18(25-2)20-11-12-21-19/h3-4,7-8,11-12,14,16H,5-6,9-10H2,1-2H3,(H,22,23). The van der Waals surface area contributed by atoms with Gasteiger partial charge in [-0.05, 0) is 49.9 Å². The molecule has 1 N–H and O–H groups in total. The molecule has 1 fully saturated rings. The van der Waals surface area contributed by atoms with Crippen LogP contribution in [0.4, 0.5) is 0 Å². The molecule has 1 amide bonds. The largest absolute Gasteiger partial charge is 0.497 e. The average Bonchev–Trinajstić information content (AvgIpc) is 2.70. The summed E-state index contributed by atoms with van der Waals surface area (Å²) in [4.78, 5) is 20.6. The predicted octanol–water partition coefficient (Wildman–Crippen LogP) is 2.61. The molecule has 1 aromatic heterocycles. The van der Waals surface area contributed by atoms with Gasteiger partial charge in [0.15, 0.2) is 0 Å². The topological polar surface area (TPSA) is 82.6 Å². The second kappa shape index (κ2) is 8.51. The highest BCUT2D eigenvalue weighted by Crippen LogP contribution is 2.27. The van der Waals surface area contributed by atoms with Gasteiger partial charge in [0, 0.05) is 24.0 Å². The van der Waals surface area contributed by atoms with E-state index in [0.29, 0.717) is 17.3 Å². The van der Waals surface area contributed by atoms with E-state index in [9.17, 15) is 4.79 Å². The molecule has 26 heavy (non-hydrogen) atoms. The van der Waals surface area contributed by atoms with Crippen LogP contribution in [0, 0.1) is 0 Å². The highest BCUT2D eigenvalue weighted by molar-refractivity contribution is 5.94. The highest BCUT2D eigenvalue weighted by atomic mass is 16.5. The number of benzene rings is 1.